The van der Waals surface area contributed by atoms with Crippen LogP contribution in [0.5, 0.6) is 5.75 Å². The first-order valence-electron chi connectivity index (χ1n) is 7.44. The summed E-state index contributed by atoms with van der Waals surface area (Å²) >= 11 is 0. The predicted octanol–water partition coefficient (Wildman–Crippen LogP) is 4.05. The lowest BCUT2D eigenvalue weighted by atomic mass is 9.83. The van der Waals surface area contributed by atoms with E-state index in [1.807, 2.05) is 18.2 Å². The third kappa shape index (κ3) is 3.79. The maximum Gasteiger partial charge on any atom is 0.122 e. The van der Waals surface area contributed by atoms with E-state index in [0.717, 1.165) is 29.5 Å². The molecule has 3 heteroatoms. The van der Waals surface area contributed by atoms with Crippen LogP contribution in [0.3, 0.4) is 0 Å². The molecular weight excluding hydrogens is 236 g/mol. The number of hydrogen-bond donors (Lipinski definition) is 2. The third-order valence-electron chi connectivity index (χ3n) is 4.18. The first-order chi connectivity index (χ1) is 9.22. The molecule has 19 heavy (non-hydrogen) atoms. The molecule has 1 unspecified atom stereocenters. The van der Waals surface area contributed by atoms with E-state index < -0.39 is 0 Å². The molecule has 0 aromatic heterocycles. The second-order valence-electron chi connectivity index (χ2n) is 5.55. The molecule has 0 bridgehead atoms. The van der Waals surface area contributed by atoms with Crippen LogP contribution in [0.4, 0.5) is 11.4 Å². The van der Waals surface area contributed by atoms with Crippen molar-refractivity contribution in [1.82, 2.24) is 0 Å². The summed E-state index contributed by atoms with van der Waals surface area (Å²) in [5, 5.41) is 3.65. The number of benzene rings is 1. The van der Waals surface area contributed by atoms with Gasteiger partial charge in [0.1, 0.15) is 5.75 Å². The van der Waals surface area contributed by atoms with Crippen LogP contribution in [0.1, 0.15) is 45.4 Å². The third-order valence-corrected chi connectivity index (χ3v) is 4.18. The highest BCUT2D eigenvalue weighted by atomic mass is 16.5. The Kier molecular flexibility index (Phi) is 4.94. The maximum absolute atomic E-state index is 5.91. The predicted molar refractivity (Wildman–Crippen MR) is 81.7 cm³/mol. The zero-order valence-electron chi connectivity index (χ0n) is 12.1. The topological polar surface area (TPSA) is 47.3 Å². The molecule has 0 spiro atoms. The molecule has 1 aromatic rings. The summed E-state index contributed by atoms with van der Waals surface area (Å²) in [6, 6.07) is 6.43. The van der Waals surface area contributed by atoms with Crippen molar-refractivity contribution in [2.45, 2.75) is 51.5 Å². The van der Waals surface area contributed by atoms with E-state index in [9.17, 15) is 0 Å². The fourth-order valence-electron chi connectivity index (χ4n) is 3.13. The SMILES string of the molecule is CCC(Nc1cc(N)cc(OC)c1)C1CCCCC1. The molecule has 106 valence electrons. The van der Waals surface area contributed by atoms with Crippen LogP contribution in [-0.4, -0.2) is 13.2 Å². The van der Waals surface area contributed by atoms with Crippen molar-refractivity contribution in [1.29, 1.82) is 0 Å². The van der Waals surface area contributed by atoms with Crippen LogP contribution >= 0.6 is 0 Å². The van der Waals surface area contributed by atoms with Gasteiger partial charge in [-0.3, -0.25) is 0 Å². The highest BCUT2D eigenvalue weighted by Gasteiger charge is 2.22. The summed E-state index contributed by atoms with van der Waals surface area (Å²) in [5.41, 5.74) is 7.74. The molecule has 1 fully saturated rings. The Hall–Kier alpha value is -1.38. The molecular formula is C16H26N2O. The Morgan fingerprint density at radius 3 is 2.63 bits per heavy atom. The van der Waals surface area contributed by atoms with E-state index in [4.69, 9.17) is 10.5 Å². The second-order valence-corrected chi connectivity index (χ2v) is 5.55. The Labute approximate surface area is 116 Å². The molecule has 1 saturated carbocycles. The Morgan fingerprint density at radius 2 is 2.00 bits per heavy atom. The van der Waals surface area contributed by atoms with Gasteiger partial charge in [0, 0.05) is 29.5 Å². The average Bonchev–Trinajstić information content (AvgIpc) is 2.45. The van der Waals surface area contributed by atoms with Crippen LogP contribution < -0.4 is 15.8 Å². The van der Waals surface area contributed by atoms with E-state index in [-0.39, 0.29) is 0 Å². The number of nitrogens with one attached hydrogen (secondary N) is 1. The lowest BCUT2D eigenvalue weighted by Gasteiger charge is -2.31. The second kappa shape index (κ2) is 6.69. The van der Waals surface area contributed by atoms with Gasteiger partial charge in [-0.05, 0) is 31.2 Å². The first-order valence-corrected chi connectivity index (χ1v) is 7.44. The molecule has 0 amide bonds. The van der Waals surface area contributed by atoms with Gasteiger partial charge in [0.15, 0.2) is 0 Å². The summed E-state index contributed by atoms with van der Waals surface area (Å²) in [6.45, 7) is 2.26. The van der Waals surface area contributed by atoms with Crippen molar-refractivity contribution in [2.24, 2.45) is 5.92 Å². The molecule has 2 rings (SSSR count). The minimum Gasteiger partial charge on any atom is -0.497 e. The molecule has 3 nitrogen and oxygen atoms in total. The molecule has 3 N–H and O–H groups in total. The lowest BCUT2D eigenvalue weighted by Crippen LogP contribution is -2.30. The number of methoxy groups -OCH3 is 1. The number of anilines is 2. The van der Waals surface area contributed by atoms with Gasteiger partial charge in [0.2, 0.25) is 0 Å². The minimum absolute atomic E-state index is 0.548. The van der Waals surface area contributed by atoms with Gasteiger partial charge < -0.3 is 15.8 Å². The maximum atomic E-state index is 5.91. The summed E-state index contributed by atoms with van der Waals surface area (Å²) in [7, 11) is 1.68. The molecule has 1 aliphatic carbocycles. The average molecular weight is 262 g/mol. The lowest BCUT2D eigenvalue weighted by molar-refractivity contribution is 0.313. The minimum atomic E-state index is 0.548. The molecule has 0 saturated heterocycles. The summed E-state index contributed by atoms with van der Waals surface area (Å²) in [4.78, 5) is 0. The highest BCUT2D eigenvalue weighted by molar-refractivity contribution is 5.59. The van der Waals surface area contributed by atoms with Crippen LogP contribution in [0.2, 0.25) is 0 Å². The molecule has 0 radical (unpaired) electrons. The van der Waals surface area contributed by atoms with Crippen molar-refractivity contribution in [2.75, 3.05) is 18.2 Å². The highest BCUT2D eigenvalue weighted by Crippen LogP contribution is 2.31. The zero-order chi connectivity index (χ0) is 13.7. The van der Waals surface area contributed by atoms with E-state index in [0.29, 0.717) is 6.04 Å². The first kappa shape index (κ1) is 14.0. The van der Waals surface area contributed by atoms with E-state index >= 15 is 0 Å². The molecule has 0 heterocycles. The van der Waals surface area contributed by atoms with Crippen LogP contribution in [0.25, 0.3) is 0 Å². The number of ether oxygens (including phenoxy) is 1. The summed E-state index contributed by atoms with van der Waals surface area (Å²) in [5.74, 6) is 1.62. The number of nitrogen functional groups attached to an aromatic ring is 1. The van der Waals surface area contributed by atoms with E-state index in [2.05, 4.69) is 12.2 Å². The van der Waals surface area contributed by atoms with Crippen molar-refractivity contribution in [3.8, 4) is 5.75 Å². The van der Waals surface area contributed by atoms with Gasteiger partial charge in [0.05, 0.1) is 7.11 Å². The van der Waals surface area contributed by atoms with Gasteiger partial charge >= 0.3 is 0 Å². The summed E-state index contributed by atoms with van der Waals surface area (Å²) in [6.07, 6.45) is 8.02. The smallest absolute Gasteiger partial charge is 0.122 e. The van der Waals surface area contributed by atoms with Crippen molar-refractivity contribution in [3.63, 3.8) is 0 Å². The Bertz CT molecular complexity index is 400. The van der Waals surface area contributed by atoms with Gasteiger partial charge in [-0.1, -0.05) is 26.2 Å². The molecule has 1 atom stereocenters. The number of hydrogen-bond acceptors (Lipinski definition) is 3. The van der Waals surface area contributed by atoms with Crippen molar-refractivity contribution < 1.29 is 4.74 Å². The normalized spacial score (nSPS) is 18.0. The van der Waals surface area contributed by atoms with Gasteiger partial charge in [0.25, 0.3) is 0 Å². The molecule has 1 aromatic carbocycles. The number of nitrogens with two attached hydrogens (primary N) is 1. The van der Waals surface area contributed by atoms with Gasteiger partial charge in [-0.2, -0.15) is 0 Å². The summed E-state index contributed by atoms with van der Waals surface area (Å²) < 4.78 is 5.28. The fourth-order valence-corrected chi connectivity index (χ4v) is 3.13. The molecule has 0 aliphatic heterocycles. The van der Waals surface area contributed by atoms with Crippen LogP contribution in [-0.2, 0) is 0 Å². The van der Waals surface area contributed by atoms with Crippen molar-refractivity contribution >= 4 is 11.4 Å². The van der Waals surface area contributed by atoms with Gasteiger partial charge in [-0.25, -0.2) is 0 Å². The fraction of sp³-hybridized carbons (Fsp3) is 0.625. The zero-order valence-corrected chi connectivity index (χ0v) is 12.1. The van der Waals surface area contributed by atoms with Crippen LogP contribution in [0, 0.1) is 5.92 Å². The number of rotatable bonds is 5. The van der Waals surface area contributed by atoms with Gasteiger partial charge in [-0.15, -0.1) is 0 Å². The Balaban J connectivity index is 2.06. The monoisotopic (exact) mass is 262 g/mol. The van der Waals surface area contributed by atoms with E-state index in [1.54, 1.807) is 7.11 Å². The Morgan fingerprint density at radius 1 is 1.26 bits per heavy atom. The van der Waals surface area contributed by atoms with Crippen molar-refractivity contribution in [3.05, 3.63) is 18.2 Å². The standard InChI is InChI=1S/C16H26N2O/c1-3-16(12-7-5-4-6-8-12)18-14-9-13(17)10-15(11-14)19-2/h9-12,16,18H,3-8,17H2,1-2H3. The van der Waals surface area contributed by atoms with E-state index in [1.165, 1.54) is 32.1 Å². The molecule has 1 aliphatic rings. The van der Waals surface area contributed by atoms with Crippen LogP contribution in [0.15, 0.2) is 18.2 Å². The largest absolute Gasteiger partial charge is 0.497 e. The quantitative estimate of drug-likeness (QED) is 0.787.